The molecule has 1 saturated carbocycles. The van der Waals surface area contributed by atoms with Crippen LogP contribution in [0.3, 0.4) is 0 Å². The van der Waals surface area contributed by atoms with Gasteiger partial charge in [-0.2, -0.15) is 0 Å². The second kappa shape index (κ2) is 8.14. The molecule has 1 heterocycles. The summed E-state index contributed by atoms with van der Waals surface area (Å²) in [7, 11) is 1.62. The molecule has 0 atom stereocenters. The van der Waals surface area contributed by atoms with Crippen molar-refractivity contribution in [3.8, 4) is 5.75 Å². The average Bonchev–Trinajstić information content (AvgIpc) is 3.26. The third-order valence-corrected chi connectivity index (χ3v) is 5.00. The molecule has 1 aliphatic carbocycles. The van der Waals surface area contributed by atoms with E-state index >= 15 is 0 Å². The second-order valence-electron chi connectivity index (χ2n) is 5.72. The number of hydrogen-bond donors (Lipinski definition) is 1. The van der Waals surface area contributed by atoms with Crippen molar-refractivity contribution in [2.45, 2.75) is 43.3 Å². The monoisotopic (exact) mass is 347 g/mol. The smallest absolute Gasteiger partial charge is 0.225 e. The van der Waals surface area contributed by atoms with E-state index in [2.05, 4.69) is 20.8 Å². The number of aromatic nitrogens is 4. The molecular formula is C16H21N5O2S. The lowest BCUT2D eigenvalue weighted by atomic mass is 10.3. The number of tetrazole rings is 1. The van der Waals surface area contributed by atoms with Crippen LogP contribution < -0.4 is 10.1 Å². The average molecular weight is 347 g/mol. The summed E-state index contributed by atoms with van der Waals surface area (Å²) in [6, 6.07) is 7.70. The van der Waals surface area contributed by atoms with Gasteiger partial charge >= 0.3 is 0 Å². The minimum Gasteiger partial charge on any atom is -0.497 e. The number of carbonyl (C=O) groups excluding carboxylic acids is 1. The molecule has 1 aromatic carbocycles. The molecule has 1 aliphatic rings. The molecule has 0 saturated heterocycles. The highest BCUT2D eigenvalue weighted by Crippen LogP contribution is 2.31. The van der Waals surface area contributed by atoms with Crippen molar-refractivity contribution in [2.75, 3.05) is 18.2 Å². The highest BCUT2D eigenvalue weighted by molar-refractivity contribution is 7.99. The standard InChI is InChI=1S/C16H21N5O2S/c1-23-14-8-6-12(7-9-14)17-15(22)10-11-24-16-18-19-20-21(16)13-4-2-3-5-13/h6-9,13H,2-5,10-11H2,1H3,(H,17,22). The molecule has 128 valence electrons. The van der Waals surface area contributed by atoms with Crippen molar-refractivity contribution in [1.82, 2.24) is 20.2 Å². The van der Waals surface area contributed by atoms with Gasteiger partial charge in [0.05, 0.1) is 13.2 Å². The molecule has 24 heavy (non-hydrogen) atoms. The van der Waals surface area contributed by atoms with Gasteiger partial charge in [-0.3, -0.25) is 4.79 Å². The largest absolute Gasteiger partial charge is 0.497 e. The van der Waals surface area contributed by atoms with E-state index < -0.39 is 0 Å². The van der Waals surface area contributed by atoms with Crippen molar-refractivity contribution in [1.29, 1.82) is 0 Å². The fourth-order valence-electron chi connectivity index (χ4n) is 2.79. The van der Waals surface area contributed by atoms with Crippen LogP contribution in [0.25, 0.3) is 0 Å². The summed E-state index contributed by atoms with van der Waals surface area (Å²) >= 11 is 1.53. The van der Waals surface area contributed by atoms with Crippen LogP contribution in [-0.2, 0) is 4.79 Å². The highest BCUT2D eigenvalue weighted by Gasteiger charge is 2.21. The van der Waals surface area contributed by atoms with Gasteiger partial charge in [-0.05, 0) is 47.5 Å². The van der Waals surface area contributed by atoms with E-state index in [1.807, 2.05) is 28.9 Å². The molecular weight excluding hydrogens is 326 g/mol. The number of methoxy groups -OCH3 is 1. The number of anilines is 1. The van der Waals surface area contributed by atoms with Gasteiger partial charge in [-0.25, -0.2) is 4.68 Å². The Balaban J connectivity index is 1.46. The lowest BCUT2D eigenvalue weighted by molar-refractivity contribution is -0.115. The van der Waals surface area contributed by atoms with Gasteiger partial charge in [0.15, 0.2) is 0 Å². The van der Waals surface area contributed by atoms with Crippen molar-refractivity contribution in [3.63, 3.8) is 0 Å². The predicted molar refractivity (Wildman–Crippen MR) is 92.3 cm³/mol. The first-order valence-electron chi connectivity index (χ1n) is 8.11. The zero-order valence-corrected chi connectivity index (χ0v) is 14.5. The Hall–Kier alpha value is -2.09. The van der Waals surface area contributed by atoms with Crippen LogP contribution in [0.2, 0.25) is 0 Å². The van der Waals surface area contributed by atoms with E-state index in [9.17, 15) is 4.79 Å². The maximum Gasteiger partial charge on any atom is 0.225 e. The molecule has 1 aromatic heterocycles. The summed E-state index contributed by atoms with van der Waals surface area (Å²) in [6.07, 6.45) is 5.15. The van der Waals surface area contributed by atoms with E-state index in [0.717, 1.165) is 29.4 Å². The molecule has 1 amide bonds. The first-order valence-corrected chi connectivity index (χ1v) is 9.09. The summed E-state index contributed by atoms with van der Waals surface area (Å²) < 4.78 is 7.01. The third-order valence-electron chi connectivity index (χ3n) is 4.07. The van der Waals surface area contributed by atoms with Gasteiger partial charge in [-0.1, -0.05) is 24.6 Å². The van der Waals surface area contributed by atoms with Crippen LogP contribution in [0.15, 0.2) is 29.4 Å². The van der Waals surface area contributed by atoms with Crippen LogP contribution in [0.5, 0.6) is 5.75 Å². The van der Waals surface area contributed by atoms with Crippen molar-refractivity contribution >= 4 is 23.4 Å². The molecule has 0 aliphatic heterocycles. The quantitative estimate of drug-likeness (QED) is 0.776. The summed E-state index contributed by atoms with van der Waals surface area (Å²) in [5.41, 5.74) is 0.765. The Kier molecular flexibility index (Phi) is 5.68. The van der Waals surface area contributed by atoms with Gasteiger partial charge in [0.2, 0.25) is 11.1 Å². The van der Waals surface area contributed by atoms with Gasteiger partial charge < -0.3 is 10.1 Å². The normalized spacial score (nSPS) is 14.7. The van der Waals surface area contributed by atoms with E-state index in [-0.39, 0.29) is 5.91 Å². The summed E-state index contributed by atoms with van der Waals surface area (Å²) in [4.78, 5) is 12.0. The summed E-state index contributed by atoms with van der Waals surface area (Å²) in [5, 5.41) is 15.6. The molecule has 3 rings (SSSR count). The lowest BCUT2D eigenvalue weighted by Gasteiger charge is -2.10. The van der Waals surface area contributed by atoms with Crippen LogP contribution in [-0.4, -0.2) is 39.0 Å². The van der Waals surface area contributed by atoms with E-state index in [4.69, 9.17) is 4.74 Å². The zero-order valence-electron chi connectivity index (χ0n) is 13.6. The fraction of sp³-hybridized carbons (Fsp3) is 0.500. The van der Waals surface area contributed by atoms with Gasteiger partial charge in [-0.15, -0.1) is 5.10 Å². The maximum atomic E-state index is 12.0. The third kappa shape index (κ3) is 4.25. The van der Waals surface area contributed by atoms with Crippen LogP contribution >= 0.6 is 11.8 Å². The van der Waals surface area contributed by atoms with E-state index in [1.54, 1.807) is 7.11 Å². The van der Waals surface area contributed by atoms with Crippen molar-refractivity contribution < 1.29 is 9.53 Å². The Morgan fingerprint density at radius 2 is 2.08 bits per heavy atom. The molecule has 1 fully saturated rings. The molecule has 0 spiro atoms. The molecule has 0 radical (unpaired) electrons. The van der Waals surface area contributed by atoms with Crippen LogP contribution in [0.4, 0.5) is 5.69 Å². The summed E-state index contributed by atoms with van der Waals surface area (Å²) in [5.74, 6) is 1.39. The number of carbonyl (C=O) groups is 1. The number of thioether (sulfide) groups is 1. The number of rotatable bonds is 7. The Labute approximate surface area is 145 Å². The molecule has 1 N–H and O–H groups in total. The predicted octanol–water partition coefficient (Wildman–Crippen LogP) is 2.92. The van der Waals surface area contributed by atoms with E-state index in [1.165, 1.54) is 24.6 Å². The van der Waals surface area contributed by atoms with Crippen molar-refractivity contribution in [3.05, 3.63) is 24.3 Å². The first-order chi connectivity index (χ1) is 11.8. The number of nitrogens with zero attached hydrogens (tertiary/aromatic N) is 4. The van der Waals surface area contributed by atoms with Crippen molar-refractivity contribution in [2.24, 2.45) is 0 Å². The molecule has 2 aromatic rings. The van der Waals surface area contributed by atoms with E-state index in [0.29, 0.717) is 18.2 Å². The maximum absolute atomic E-state index is 12.0. The Morgan fingerprint density at radius 3 is 2.79 bits per heavy atom. The van der Waals surface area contributed by atoms with Gasteiger partial charge in [0.25, 0.3) is 0 Å². The molecule has 7 nitrogen and oxygen atoms in total. The fourth-order valence-corrected chi connectivity index (χ4v) is 3.67. The van der Waals surface area contributed by atoms with Gasteiger partial charge in [0.1, 0.15) is 5.75 Å². The lowest BCUT2D eigenvalue weighted by Crippen LogP contribution is -2.13. The number of hydrogen-bond acceptors (Lipinski definition) is 6. The topological polar surface area (TPSA) is 81.9 Å². The molecule has 0 unspecified atom stereocenters. The SMILES string of the molecule is COc1ccc(NC(=O)CCSc2nnnn2C2CCCC2)cc1. The Bertz CT molecular complexity index is 667. The first kappa shape index (κ1) is 16.8. The van der Waals surface area contributed by atoms with Gasteiger partial charge in [0, 0.05) is 17.9 Å². The number of nitrogens with one attached hydrogen (secondary N) is 1. The number of amides is 1. The van der Waals surface area contributed by atoms with Crippen LogP contribution in [0, 0.1) is 0 Å². The minimum absolute atomic E-state index is 0.0208. The van der Waals surface area contributed by atoms with Crippen LogP contribution in [0.1, 0.15) is 38.1 Å². The zero-order chi connectivity index (χ0) is 16.8. The molecule has 0 bridgehead atoms. The molecule has 8 heteroatoms. The number of benzene rings is 1. The summed E-state index contributed by atoms with van der Waals surface area (Å²) in [6.45, 7) is 0. The minimum atomic E-state index is -0.0208. The Morgan fingerprint density at radius 1 is 1.33 bits per heavy atom. The second-order valence-corrected chi connectivity index (χ2v) is 6.78. The highest BCUT2D eigenvalue weighted by atomic mass is 32.2. The number of ether oxygens (including phenoxy) is 1.